The third kappa shape index (κ3) is 3.10. The molecule has 0 amide bonds. The van der Waals surface area contributed by atoms with Crippen molar-refractivity contribution in [2.75, 3.05) is 5.32 Å². The largest absolute Gasteiger partial charge is 0.417 e. The summed E-state index contributed by atoms with van der Waals surface area (Å²) in [6, 6.07) is 6.51. The molecule has 0 fully saturated rings. The van der Waals surface area contributed by atoms with Gasteiger partial charge in [0.2, 0.25) is 0 Å². The van der Waals surface area contributed by atoms with Gasteiger partial charge in [-0.15, -0.1) is 0 Å². The number of halogens is 3. The first kappa shape index (κ1) is 15.3. The highest BCUT2D eigenvalue weighted by atomic mass is 19.4. The van der Waals surface area contributed by atoms with Crippen LogP contribution in [0.5, 0.6) is 0 Å². The van der Waals surface area contributed by atoms with Gasteiger partial charge in [-0.2, -0.15) is 18.3 Å². The molecular weight excluding hydrogens is 307 g/mol. The third-order valence-corrected chi connectivity index (χ3v) is 3.35. The molecule has 0 bridgehead atoms. The maximum Gasteiger partial charge on any atom is 0.417 e. The second-order valence-electron chi connectivity index (χ2n) is 5.23. The fraction of sp³-hybridized carbons (Fsp3) is 0.267. The molecule has 3 heterocycles. The predicted octanol–water partition coefficient (Wildman–Crippen LogP) is 3.60. The van der Waals surface area contributed by atoms with E-state index in [1.165, 1.54) is 6.92 Å². The Hall–Kier alpha value is -2.64. The molecule has 8 heteroatoms. The zero-order valence-electron chi connectivity index (χ0n) is 12.5. The SMILES string of the molecule is Cc1cccc(CNc2n[nH]c3nc(C)cc(C(F)(F)F)c23)n1. The maximum atomic E-state index is 13.3. The Balaban J connectivity index is 1.98. The van der Waals surface area contributed by atoms with E-state index >= 15 is 0 Å². The van der Waals surface area contributed by atoms with E-state index in [9.17, 15) is 13.2 Å². The van der Waals surface area contributed by atoms with Gasteiger partial charge in [-0.25, -0.2) is 4.98 Å². The van der Waals surface area contributed by atoms with Crippen molar-refractivity contribution in [2.24, 2.45) is 0 Å². The number of nitrogens with one attached hydrogen (secondary N) is 2. The van der Waals surface area contributed by atoms with E-state index < -0.39 is 11.7 Å². The number of anilines is 1. The van der Waals surface area contributed by atoms with Crippen molar-refractivity contribution in [2.45, 2.75) is 26.6 Å². The molecule has 0 unspecified atom stereocenters. The van der Waals surface area contributed by atoms with Gasteiger partial charge in [0.1, 0.15) is 0 Å². The van der Waals surface area contributed by atoms with Gasteiger partial charge in [0.25, 0.3) is 0 Å². The van der Waals surface area contributed by atoms with E-state index in [4.69, 9.17) is 0 Å². The maximum absolute atomic E-state index is 13.3. The van der Waals surface area contributed by atoms with Gasteiger partial charge < -0.3 is 5.32 Å². The Labute approximate surface area is 130 Å². The molecule has 3 aromatic heterocycles. The van der Waals surface area contributed by atoms with E-state index in [0.717, 1.165) is 17.5 Å². The summed E-state index contributed by atoms with van der Waals surface area (Å²) in [5.74, 6) is 0.114. The number of H-pyrrole nitrogens is 1. The fourth-order valence-corrected chi connectivity index (χ4v) is 2.38. The highest BCUT2D eigenvalue weighted by molar-refractivity contribution is 5.90. The minimum absolute atomic E-state index is 0.0595. The summed E-state index contributed by atoms with van der Waals surface area (Å²) in [6.45, 7) is 3.63. The second-order valence-corrected chi connectivity index (χ2v) is 5.23. The number of rotatable bonds is 3. The number of aryl methyl sites for hydroxylation is 2. The monoisotopic (exact) mass is 321 g/mol. The first-order valence-corrected chi connectivity index (χ1v) is 6.94. The summed E-state index contributed by atoms with van der Waals surface area (Å²) in [7, 11) is 0. The molecule has 0 aliphatic heterocycles. The lowest BCUT2D eigenvalue weighted by Gasteiger charge is -2.10. The molecule has 3 rings (SSSR count). The smallest absolute Gasteiger partial charge is 0.362 e. The number of aromatic amines is 1. The van der Waals surface area contributed by atoms with Crippen LogP contribution in [0.3, 0.4) is 0 Å². The van der Waals surface area contributed by atoms with E-state index in [1.54, 1.807) is 6.07 Å². The Morgan fingerprint density at radius 2 is 1.91 bits per heavy atom. The molecule has 2 N–H and O–H groups in total. The molecule has 23 heavy (non-hydrogen) atoms. The molecule has 3 aromatic rings. The van der Waals surface area contributed by atoms with Gasteiger partial charge in [-0.05, 0) is 32.0 Å². The number of aromatic nitrogens is 4. The van der Waals surface area contributed by atoms with Crippen LogP contribution in [0.4, 0.5) is 19.0 Å². The minimum Gasteiger partial charge on any atom is -0.362 e. The van der Waals surface area contributed by atoms with Crippen molar-refractivity contribution < 1.29 is 13.2 Å². The summed E-state index contributed by atoms with van der Waals surface area (Å²) in [4.78, 5) is 8.37. The van der Waals surface area contributed by atoms with Gasteiger partial charge in [-0.3, -0.25) is 10.1 Å². The number of fused-ring (bicyclic) bond motifs is 1. The van der Waals surface area contributed by atoms with Gasteiger partial charge in [0.15, 0.2) is 11.5 Å². The molecule has 0 aliphatic rings. The zero-order valence-corrected chi connectivity index (χ0v) is 12.5. The Morgan fingerprint density at radius 3 is 2.61 bits per heavy atom. The number of hydrogen-bond acceptors (Lipinski definition) is 4. The number of nitrogens with zero attached hydrogens (tertiary/aromatic N) is 3. The Kier molecular flexibility index (Phi) is 3.67. The topological polar surface area (TPSA) is 66.5 Å². The molecule has 0 spiro atoms. The summed E-state index contributed by atoms with van der Waals surface area (Å²) in [5.41, 5.74) is 1.19. The standard InChI is InChI=1S/C15H14F3N5/c1-8-4-3-5-10(20-8)7-19-13-12-11(15(16,17)18)6-9(2)21-14(12)23-22-13/h3-6H,7H2,1-2H3,(H2,19,21,22,23). The molecular formula is C15H14F3N5. The van der Waals surface area contributed by atoms with Gasteiger partial charge in [0, 0.05) is 11.4 Å². The van der Waals surface area contributed by atoms with Crippen LogP contribution >= 0.6 is 0 Å². The van der Waals surface area contributed by atoms with Gasteiger partial charge in [0.05, 0.1) is 23.2 Å². The molecule has 120 valence electrons. The fourth-order valence-electron chi connectivity index (χ4n) is 2.38. The van der Waals surface area contributed by atoms with Crippen molar-refractivity contribution in [1.82, 2.24) is 20.2 Å². The van der Waals surface area contributed by atoms with Crippen LogP contribution in [0, 0.1) is 13.8 Å². The Morgan fingerprint density at radius 1 is 1.13 bits per heavy atom. The van der Waals surface area contributed by atoms with E-state index in [2.05, 4.69) is 25.5 Å². The molecule has 0 atom stereocenters. The Bertz CT molecular complexity index is 854. The summed E-state index contributed by atoms with van der Waals surface area (Å²) in [5, 5.41) is 9.31. The lowest BCUT2D eigenvalue weighted by Crippen LogP contribution is -2.09. The molecule has 0 aromatic carbocycles. The van der Waals surface area contributed by atoms with Crippen molar-refractivity contribution in [3.8, 4) is 0 Å². The summed E-state index contributed by atoms with van der Waals surface area (Å²) in [6.07, 6.45) is -4.48. The highest BCUT2D eigenvalue weighted by Gasteiger charge is 2.35. The molecule has 0 saturated heterocycles. The first-order chi connectivity index (χ1) is 10.8. The van der Waals surface area contributed by atoms with E-state index in [-0.39, 0.29) is 29.1 Å². The zero-order chi connectivity index (χ0) is 16.6. The molecule has 0 aliphatic carbocycles. The second kappa shape index (κ2) is 5.53. The van der Waals surface area contributed by atoms with Crippen LogP contribution < -0.4 is 5.32 Å². The van der Waals surface area contributed by atoms with Crippen molar-refractivity contribution in [1.29, 1.82) is 0 Å². The predicted molar refractivity (Wildman–Crippen MR) is 79.9 cm³/mol. The van der Waals surface area contributed by atoms with Crippen molar-refractivity contribution >= 4 is 16.9 Å². The van der Waals surface area contributed by atoms with Crippen molar-refractivity contribution in [3.63, 3.8) is 0 Å². The minimum atomic E-state index is -4.48. The summed E-state index contributed by atoms with van der Waals surface area (Å²) >= 11 is 0. The normalized spacial score (nSPS) is 11.9. The first-order valence-electron chi connectivity index (χ1n) is 6.94. The third-order valence-electron chi connectivity index (χ3n) is 3.35. The molecule has 5 nitrogen and oxygen atoms in total. The van der Waals surface area contributed by atoms with Crippen LogP contribution in [-0.4, -0.2) is 20.2 Å². The van der Waals surface area contributed by atoms with Crippen molar-refractivity contribution in [3.05, 3.63) is 46.9 Å². The number of alkyl halides is 3. The number of hydrogen-bond donors (Lipinski definition) is 2. The molecule has 0 saturated carbocycles. The average molecular weight is 321 g/mol. The lowest BCUT2D eigenvalue weighted by atomic mass is 10.1. The summed E-state index contributed by atoms with van der Waals surface area (Å²) < 4.78 is 39.8. The van der Waals surface area contributed by atoms with E-state index in [1.807, 2.05) is 19.1 Å². The average Bonchev–Trinajstić information content (AvgIpc) is 2.86. The number of pyridine rings is 2. The van der Waals surface area contributed by atoms with Crippen LogP contribution in [0.1, 0.15) is 22.6 Å². The van der Waals surface area contributed by atoms with Gasteiger partial charge in [-0.1, -0.05) is 6.07 Å². The molecule has 0 radical (unpaired) electrons. The van der Waals surface area contributed by atoms with Crippen LogP contribution in [0.2, 0.25) is 0 Å². The lowest BCUT2D eigenvalue weighted by molar-refractivity contribution is -0.136. The van der Waals surface area contributed by atoms with Gasteiger partial charge >= 0.3 is 6.18 Å². The van der Waals surface area contributed by atoms with E-state index in [0.29, 0.717) is 0 Å². The van der Waals surface area contributed by atoms with Crippen LogP contribution in [-0.2, 0) is 12.7 Å². The highest BCUT2D eigenvalue weighted by Crippen LogP contribution is 2.37. The quantitative estimate of drug-likeness (QED) is 0.773. The van der Waals surface area contributed by atoms with Crippen LogP contribution in [0.25, 0.3) is 11.0 Å². The van der Waals surface area contributed by atoms with Crippen LogP contribution in [0.15, 0.2) is 24.3 Å².